The summed E-state index contributed by atoms with van der Waals surface area (Å²) in [6, 6.07) is 1.11. The molecular formula is C14H27N3O. The summed E-state index contributed by atoms with van der Waals surface area (Å²) < 4.78 is 0. The summed E-state index contributed by atoms with van der Waals surface area (Å²) in [6.45, 7) is 4.16. The maximum absolute atomic E-state index is 11.9. The smallest absolute Gasteiger partial charge is 0.237 e. The Labute approximate surface area is 110 Å². The van der Waals surface area contributed by atoms with Gasteiger partial charge in [0.1, 0.15) is 0 Å². The van der Waals surface area contributed by atoms with Crippen molar-refractivity contribution in [2.45, 2.75) is 63.6 Å². The highest BCUT2D eigenvalue weighted by molar-refractivity contribution is 5.81. The highest BCUT2D eigenvalue weighted by Crippen LogP contribution is 2.19. The molecule has 1 heterocycles. The molecule has 0 aromatic rings. The summed E-state index contributed by atoms with van der Waals surface area (Å²) in [5.41, 5.74) is 0. The zero-order chi connectivity index (χ0) is 13.0. The number of nitrogens with zero attached hydrogens (tertiary/aromatic N) is 1. The Hall–Kier alpha value is -0.610. The van der Waals surface area contributed by atoms with Crippen molar-refractivity contribution in [2.24, 2.45) is 0 Å². The van der Waals surface area contributed by atoms with Crippen molar-refractivity contribution in [3.63, 3.8) is 0 Å². The predicted octanol–water partition coefficient (Wildman–Crippen LogP) is 1.12. The molecule has 1 aliphatic carbocycles. The third kappa shape index (κ3) is 4.25. The molecule has 1 saturated carbocycles. The number of rotatable bonds is 6. The van der Waals surface area contributed by atoms with Gasteiger partial charge in [-0.15, -0.1) is 0 Å². The summed E-state index contributed by atoms with van der Waals surface area (Å²) in [6.07, 6.45) is 7.42. The van der Waals surface area contributed by atoms with Gasteiger partial charge in [-0.1, -0.05) is 6.42 Å². The number of hydrogen-bond donors (Lipinski definition) is 2. The molecule has 2 rings (SSSR count). The Morgan fingerprint density at radius 3 is 2.78 bits per heavy atom. The van der Waals surface area contributed by atoms with Crippen molar-refractivity contribution < 1.29 is 4.79 Å². The van der Waals surface area contributed by atoms with E-state index in [0.717, 1.165) is 32.4 Å². The van der Waals surface area contributed by atoms with Crippen LogP contribution in [0, 0.1) is 0 Å². The van der Waals surface area contributed by atoms with E-state index in [0.29, 0.717) is 12.1 Å². The number of hydrogen-bond acceptors (Lipinski definition) is 3. The van der Waals surface area contributed by atoms with Crippen molar-refractivity contribution in [2.75, 3.05) is 20.1 Å². The molecule has 1 amide bonds. The van der Waals surface area contributed by atoms with Crippen LogP contribution in [0.15, 0.2) is 0 Å². The van der Waals surface area contributed by atoms with Crippen LogP contribution in [0.25, 0.3) is 0 Å². The molecule has 2 unspecified atom stereocenters. The minimum atomic E-state index is -0.00538. The van der Waals surface area contributed by atoms with Gasteiger partial charge in [0, 0.05) is 18.6 Å². The fourth-order valence-electron chi connectivity index (χ4n) is 2.47. The molecule has 1 saturated heterocycles. The minimum absolute atomic E-state index is 0.00538. The number of nitrogens with one attached hydrogen (secondary N) is 2. The van der Waals surface area contributed by atoms with E-state index < -0.39 is 0 Å². The van der Waals surface area contributed by atoms with Crippen molar-refractivity contribution in [3.8, 4) is 0 Å². The molecule has 0 bridgehead atoms. The van der Waals surface area contributed by atoms with Crippen molar-refractivity contribution in [1.29, 1.82) is 0 Å². The lowest BCUT2D eigenvalue weighted by Gasteiger charge is -2.28. The van der Waals surface area contributed by atoms with Gasteiger partial charge in [0.05, 0.1) is 6.04 Å². The summed E-state index contributed by atoms with van der Waals surface area (Å²) >= 11 is 0. The molecule has 0 spiro atoms. The van der Waals surface area contributed by atoms with Crippen LogP contribution in [0.1, 0.15) is 45.4 Å². The van der Waals surface area contributed by atoms with Gasteiger partial charge in [0.15, 0.2) is 0 Å². The van der Waals surface area contributed by atoms with E-state index in [1.807, 2.05) is 6.92 Å². The Morgan fingerprint density at radius 2 is 2.17 bits per heavy atom. The van der Waals surface area contributed by atoms with Crippen LogP contribution in [0.3, 0.4) is 0 Å². The third-order valence-electron chi connectivity index (χ3n) is 4.21. The SMILES string of the molecule is CC(C(=O)NC1CC1)N(C)CCC1CCCCN1. The van der Waals surface area contributed by atoms with E-state index in [9.17, 15) is 4.79 Å². The van der Waals surface area contributed by atoms with E-state index in [2.05, 4.69) is 22.6 Å². The van der Waals surface area contributed by atoms with Crippen LogP contribution >= 0.6 is 0 Å². The lowest BCUT2D eigenvalue weighted by atomic mass is 10.0. The molecule has 4 heteroatoms. The van der Waals surface area contributed by atoms with Crippen LogP contribution in [-0.4, -0.2) is 49.1 Å². The Kier molecular flexibility index (Phi) is 5.01. The Morgan fingerprint density at radius 1 is 1.39 bits per heavy atom. The topological polar surface area (TPSA) is 44.4 Å². The maximum Gasteiger partial charge on any atom is 0.237 e. The van der Waals surface area contributed by atoms with Crippen molar-refractivity contribution in [3.05, 3.63) is 0 Å². The van der Waals surface area contributed by atoms with Crippen molar-refractivity contribution in [1.82, 2.24) is 15.5 Å². The fraction of sp³-hybridized carbons (Fsp3) is 0.929. The molecule has 2 N–H and O–H groups in total. The van der Waals surface area contributed by atoms with Crippen LogP contribution in [0.5, 0.6) is 0 Å². The lowest BCUT2D eigenvalue weighted by molar-refractivity contribution is -0.125. The summed E-state index contributed by atoms with van der Waals surface area (Å²) in [5, 5.41) is 6.63. The van der Waals surface area contributed by atoms with E-state index >= 15 is 0 Å². The Bertz CT molecular complexity index is 272. The van der Waals surface area contributed by atoms with Gasteiger partial charge < -0.3 is 10.6 Å². The maximum atomic E-state index is 11.9. The number of carbonyl (C=O) groups is 1. The van der Waals surface area contributed by atoms with Gasteiger partial charge in [-0.2, -0.15) is 0 Å². The second-order valence-electron chi connectivity index (χ2n) is 5.87. The van der Waals surface area contributed by atoms with E-state index in [1.165, 1.54) is 19.3 Å². The highest BCUT2D eigenvalue weighted by atomic mass is 16.2. The van der Waals surface area contributed by atoms with Gasteiger partial charge in [-0.25, -0.2) is 0 Å². The van der Waals surface area contributed by atoms with Crippen LogP contribution in [0.4, 0.5) is 0 Å². The van der Waals surface area contributed by atoms with Crippen LogP contribution in [0.2, 0.25) is 0 Å². The zero-order valence-corrected chi connectivity index (χ0v) is 11.7. The average molecular weight is 253 g/mol. The number of amides is 1. The molecule has 2 atom stereocenters. The normalized spacial score (nSPS) is 26.1. The minimum Gasteiger partial charge on any atom is -0.352 e. The first-order chi connectivity index (χ1) is 8.66. The molecule has 18 heavy (non-hydrogen) atoms. The van der Waals surface area contributed by atoms with E-state index in [4.69, 9.17) is 0 Å². The first-order valence-corrected chi connectivity index (χ1v) is 7.41. The molecule has 0 aromatic carbocycles. The second kappa shape index (κ2) is 6.53. The quantitative estimate of drug-likeness (QED) is 0.745. The summed E-state index contributed by atoms with van der Waals surface area (Å²) in [7, 11) is 2.06. The molecule has 0 aromatic heterocycles. The molecule has 104 valence electrons. The highest BCUT2D eigenvalue weighted by Gasteiger charge is 2.27. The average Bonchev–Trinajstić information content (AvgIpc) is 3.20. The Balaban J connectivity index is 1.65. The fourth-order valence-corrected chi connectivity index (χ4v) is 2.47. The summed E-state index contributed by atoms with van der Waals surface area (Å²) in [5.74, 6) is 0.191. The molecule has 2 aliphatic rings. The monoisotopic (exact) mass is 253 g/mol. The molecule has 1 aliphatic heterocycles. The molecule has 2 fully saturated rings. The first kappa shape index (κ1) is 13.8. The standard InChI is InChI=1S/C14H27N3O/c1-11(14(18)16-13-6-7-13)17(2)10-8-12-5-3-4-9-15-12/h11-13,15H,3-10H2,1-2H3,(H,16,18). The number of likely N-dealkylation sites (N-methyl/N-ethyl adjacent to an activating group) is 1. The molecular weight excluding hydrogens is 226 g/mol. The van der Waals surface area contributed by atoms with Gasteiger partial charge >= 0.3 is 0 Å². The van der Waals surface area contributed by atoms with Crippen LogP contribution in [-0.2, 0) is 4.79 Å². The van der Waals surface area contributed by atoms with E-state index in [1.54, 1.807) is 0 Å². The zero-order valence-electron chi connectivity index (χ0n) is 11.7. The van der Waals surface area contributed by atoms with Gasteiger partial charge in [-0.3, -0.25) is 9.69 Å². The molecule has 0 radical (unpaired) electrons. The number of piperidine rings is 1. The van der Waals surface area contributed by atoms with Crippen LogP contribution < -0.4 is 10.6 Å². The van der Waals surface area contributed by atoms with Crippen molar-refractivity contribution >= 4 is 5.91 Å². The second-order valence-corrected chi connectivity index (χ2v) is 5.87. The summed E-state index contributed by atoms with van der Waals surface area (Å²) in [4.78, 5) is 14.1. The number of carbonyl (C=O) groups excluding carboxylic acids is 1. The lowest BCUT2D eigenvalue weighted by Crippen LogP contribution is -2.45. The first-order valence-electron chi connectivity index (χ1n) is 7.41. The predicted molar refractivity (Wildman–Crippen MR) is 73.5 cm³/mol. The van der Waals surface area contributed by atoms with Gasteiger partial charge in [0.2, 0.25) is 5.91 Å². The van der Waals surface area contributed by atoms with E-state index in [-0.39, 0.29) is 11.9 Å². The molecule has 4 nitrogen and oxygen atoms in total. The largest absolute Gasteiger partial charge is 0.352 e. The third-order valence-corrected chi connectivity index (χ3v) is 4.21. The van der Waals surface area contributed by atoms with Gasteiger partial charge in [0.25, 0.3) is 0 Å². The van der Waals surface area contributed by atoms with Gasteiger partial charge in [-0.05, 0) is 52.6 Å².